The molecule has 74 valence electrons. The number of hydrogen-bond donors (Lipinski definition) is 1. The first kappa shape index (κ1) is 9.36. The standard InChI is InChI=1S/C8H9ClN4O/c1-5-11-6-4-10-8(9)12-7(6)13(5)2-3-14/h4,14H,2-3H2,1H3. The Hall–Kier alpha value is -1.20. The maximum absolute atomic E-state index is 8.87. The fourth-order valence-corrected chi connectivity index (χ4v) is 1.51. The normalized spacial score (nSPS) is 11.1. The molecule has 0 amide bonds. The second-order valence-corrected chi connectivity index (χ2v) is 3.22. The summed E-state index contributed by atoms with van der Waals surface area (Å²) in [5.41, 5.74) is 1.36. The molecule has 0 aliphatic rings. The SMILES string of the molecule is Cc1nc2cnc(Cl)nc2n1CCO. The van der Waals surface area contributed by atoms with Crippen LogP contribution in [0.5, 0.6) is 0 Å². The van der Waals surface area contributed by atoms with Gasteiger partial charge in [-0.05, 0) is 18.5 Å². The monoisotopic (exact) mass is 212 g/mol. The van der Waals surface area contributed by atoms with Gasteiger partial charge in [-0.25, -0.2) is 9.97 Å². The second-order valence-electron chi connectivity index (χ2n) is 2.88. The number of fused-ring (bicyclic) bond motifs is 1. The number of aliphatic hydroxyl groups excluding tert-OH is 1. The van der Waals surface area contributed by atoms with E-state index >= 15 is 0 Å². The van der Waals surface area contributed by atoms with Crippen LogP contribution >= 0.6 is 11.6 Å². The molecule has 14 heavy (non-hydrogen) atoms. The van der Waals surface area contributed by atoms with Crippen LogP contribution in [0.4, 0.5) is 0 Å². The summed E-state index contributed by atoms with van der Waals surface area (Å²) in [5.74, 6) is 0.797. The Morgan fingerprint density at radius 3 is 3.00 bits per heavy atom. The van der Waals surface area contributed by atoms with E-state index in [-0.39, 0.29) is 11.9 Å². The largest absolute Gasteiger partial charge is 0.395 e. The lowest BCUT2D eigenvalue weighted by molar-refractivity contribution is 0.276. The molecule has 0 fully saturated rings. The van der Waals surface area contributed by atoms with Crippen molar-refractivity contribution in [3.8, 4) is 0 Å². The van der Waals surface area contributed by atoms with Gasteiger partial charge in [0.1, 0.15) is 11.3 Å². The molecule has 2 heterocycles. The Balaban J connectivity index is 2.66. The molecule has 0 saturated heterocycles. The van der Waals surface area contributed by atoms with Crippen LogP contribution in [0.1, 0.15) is 5.82 Å². The van der Waals surface area contributed by atoms with Crippen LogP contribution in [0, 0.1) is 6.92 Å². The third-order valence-electron chi connectivity index (χ3n) is 1.97. The number of imidazole rings is 1. The van der Waals surface area contributed by atoms with Gasteiger partial charge in [-0.1, -0.05) is 0 Å². The zero-order valence-corrected chi connectivity index (χ0v) is 8.36. The molecule has 0 radical (unpaired) electrons. The van der Waals surface area contributed by atoms with E-state index in [9.17, 15) is 0 Å². The molecule has 0 aliphatic carbocycles. The number of hydrogen-bond acceptors (Lipinski definition) is 4. The average molecular weight is 213 g/mol. The lowest BCUT2D eigenvalue weighted by Crippen LogP contribution is -2.04. The maximum atomic E-state index is 8.87. The zero-order valence-electron chi connectivity index (χ0n) is 7.61. The minimum Gasteiger partial charge on any atom is -0.395 e. The highest BCUT2D eigenvalue weighted by atomic mass is 35.5. The van der Waals surface area contributed by atoms with E-state index in [1.165, 1.54) is 0 Å². The van der Waals surface area contributed by atoms with Crippen molar-refractivity contribution in [2.45, 2.75) is 13.5 Å². The van der Waals surface area contributed by atoms with E-state index in [1.54, 1.807) is 6.20 Å². The van der Waals surface area contributed by atoms with Crippen LogP contribution in [0.2, 0.25) is 5.28 Å². The van der Waals surface area contributed by atoms with Crippen molar-refractivity contribution < 1.29 is 5.11 Å². The predicted molar refractivity (Wildman–Crippen MR) is 52.2 cm³/mol. The average Bonchev–Trinajstić information content (AvgIpc) is 2.45. The van der Waals surface area contributed by atoms with Crippen molar-refractivity contribution in [1.82, 2.24) is 19.5 Å². The van der Waals surface area contributed by atoms with E-state index < -0.39 is 0 Å². The van der Waals surface area contributed by atoms with E-state index in [1.807, 2.05) is 11.5 Å². The summed E-state index contributed by atoms with van der Waals surface area (Å²) in [6.07, 6.45) is 1.57. The minimum absolute atomic E-state index is 0.0495. The molecule has 2 aromatic heterocycles. The summed E-state index contributed by atoms with van der Waals surface area (Å²) in [4.78, 5) is 12.1. The molecule has 0 atom stereocenters. The third-order valence-corrected chi connectivity index (χ3v) is 2.15. The maximum Gasteiger partial charge on any atom is 0.224 e. The van der Waals surface area contributed by atoms with Crippen LogP contribution in [-0.4, -0.2) is 31.2 Å². The predicted octanol–water partition coefficient (Wildman–Crippen LogP) is 0.780. The Bertz CT molecular complexity index is 468. The van der Waals surface area contributed by atoms with E-state index in [0.29, 0.717) is 17.7 Å². The Kier molecular flexibility index (Phi) is 2.35. The molecule has 1 N–H and O–H groups in total. The van der Waals surface area contributed by atoms with Crippen molar-refractivity contribution in [3.63, 3.8) is 0 Å². The van der Waals surface area contributed by atoms with Gasteiger partial charge in [0.15, 0.2) is 5.65 Å². The van der Waals surface area contributed by atoms with E-state index in [0.717, 1.165) is 5.82 Å². The fourth-order valence-electron chi connectivity index (χ4n) is 1.38. The van der Waals surface area contributed by atoms with Gasteiger partial charge in [0, 0.05) is 6.54 Å². The van der Waals surface area contributed by atoms with Crippen molar-refractivity contribution in [2.24, 2.45) is 0 Å². The van der Waals surface area contributed by atoms with Gasteiger partial charge in [0.05, 0.1) is 12.8 Å². The van der Waals surface area contributed by atoms with Gasteiger partial charge in [-0.3, -0.25) is 0 Å². The van der Waals surface area contributed by atoms with E-state index in [4.69, 9.17) is 16.7 Å². The highest BCUT2D eigenvalue weighted by Gasteiger charge is 2.08. The number of aryl methyl sites for hydroxylation is 1. The summed E-state index contributed by atoms with van der Waals surface area (Å²) in [5, 5.41) is 9.06. The smallest absolute Gasteiger partial charge is 0.224 e. The van der Waals surface area contributed by atoms with Crippen LogP contribution in [0.3, 0.4) is 0 Å². The Morgan fingerprint density at radius 2 is 2.29 bits per heavy atom. The second kappa shape index (κ2) is 3.51. The van der Waals surface area contributed by atoms with Crippen LogP contribution in [0.25, 0.3) is 11.2 Å². The first-order valence-electron chi connectivity index (χ1n) is 4.18. The summed E-state index contributed by atoms with van der Waals surface area (Å²) < 4.78 is 1.81. The number of aliphatic hydroxyl groups is 1. The highest BCUT2D eigenvalue weighted by molar-refractivity contribution is 6.28. The molecule has 0 spiro atoms. The third kappa shape index (κ3) is 1.44. The van der Waals surface area contributed by atoms with Gasteiger partial charge < -0.3 is 9.67 Å². The molecule has 2 aromatic rings. The van der Waals surface area contributed by atoms with Gasteiger partial charge in [-0.2, -0.15) is 4.98 Å². The highest BCUT2D eigenvalue weighted by Crippen LogP contribution is 2.14. The summed E-state index contributed by atoms with van der Waals surface area (Å²) >= 11 is 5.67. The molecule has 0 aromatic carbocycles. The van der Waals surface area contributed by atoms with Gasteiger partial charge in [0.25, 0.3) is 0 Å². The van der Waals surface area contributed by atoms with Crippen LogP contribution in [-0.2, 0) is 6.54 Å². The van der Waals surface area contributed by atoms with Crippen molar-refractivity contribution in [3.05, 3.63) is 17.3 Å². The minimum atomic E-state index is 0.0495. The lowest BCUT2D eigenvalue weighted by Gasteiger charge is -2.01. The topological polar surface area (TPSA) is 63.8 Å². The van der Waals surface area contributed by atoms with Gasteiger partial charge in [-0.15, -0.1) is 0 Å². The molecule has 6 heteroatoms. The number of aromatic nitrogens is 4. The lowest BCUT2D eigenvalue weighted by atomic mass is 10.5. The molecular weight excluding hydrogens is 204 g/mol. The molecule has 0 saturated carbocycles. The molecule has 0 bridgehead atoms. The van der Waals surface area contributed by atoms with Crippen LogP contribution < -0.4 is 0 Å². The van der Waals surface area contributed by atoms with Gasteiger partial charge in [0.2, 0.25) is 5.28 Å². The van der Waals surface area contributed by atoms with Crippen molar-refractivity contribution in [1.29, 1.82) is 0 Å². The van der Waals surface area contributed by atoms with Gasteiger partial charge >= 0.3 is 0 Å². The summed E-state index contributed by atoms with van der Waals surface area (Å²) in [6, 6.07) is 0. The summed E-state index contributed by atoms with van der Waals surface area (Å²) in [7, 11) is 0. The first-order valence-corrected chi connectivity index (χ1v) is 4.56. The number of nitrogens with zero attached hydrogens (tertiary/aromatic N) is 4. The first-order chi connectivity index (χ1) is 6.72. The quantitative estimate of drug-likeness (QED) is 0.748. The molecule has 0 aliphatic heterocycles. The number of rotatable bonds is 2. The summed E-state index contributed by atoms with van der Waals surface area (Å²) in [6.45, 7) is 2.37. The Labute approximate surface area is 85.4 Å². The Morgan fingerprint density at radius 1 is 1.50 bits per heavy atom. The van der Waals surface area contributed by atoms with E-state index in [2.05, 4.69) is 15.0 Å². The fraction of sp³-hybridized carbons (Fsp3) is 0.375. The number of halogens is 1. The van der Waals surface area contributed by atoms with Crippen molar-refractivity contribution >= 4 is 22.8 Å². The zero-order chi connectivity index (χ0) is 10.1. The molecular formula is C8H9ClN4O. The van der Waals surface area contributed by atoms with Crippen molar-refractivity contribution in [2.75, 3.05) is 6.61 Å². The molecule has 0 unspecified atom stereocenters. The molecule has 2 rings (SSSR count). The van der Waals surface area contributed by atoms with Crippen LogP contribution in [0.15, 0.2) is 6.20 Å². The molecule has 5 nitrogen and oxygen atoms in total.